The van der Waals surface area contributed by atoms with E-state index in [1.807, 2.05) is 24.3 Å². The molecule has 0 aliphatic carbocycles. The van der Waals surface area contributed by atoms with Crippen LogP contribution in [0.15, 0.2) is 66.5 Å². The molecule has 0 N–H and O–H groups in total. The van der Waals surface area contributed by atoms with Crippen molar-refractivity contribution < 1.29 is 31.8 Å². The minimum absolute atomic E-state index is 0.126. The second-order valence-electron chi connectivity index (χ2n) is 8.29. The van der Waals surface area contributed by atoms with Gasteiger partial charge >= 0.3 is 5.97 Å². The summed E-state index contributed by atoms with van der Waals surface area (Å²) in [5.41, 5.74) is 1.83. The van der Waals surface area contributed by atoms with E-state index in [0.717, 1.165) is 55.4 Å². The fraction of sp³-hybridized carbons (Fsp3) is 0.276. The largest absolute Gasteiger partial charge is 0.491 e. The van der Waals surface area contributed by atoms with Crippen LogP contribution < -0.4 is 9.47 Å². The quantitative estimate of drug-likeness (QED) is 0.115. The van der Waals surface area contributed by atoms with Gasteiger partial charge in [0.05, 0.1) is 18.0 Å². The van der Waals surface area contributed by atoms with Gasteiger partial charge in [-0.1, -0.05) is 42.8 Å². The Balaban J connectivity index is 1.61. The molecule has 3 nitrogen and oxygen atoms in total. The summed E-state index contributed by atoms with van der Waals surface area (Å²) in [4.78, 5) is 12.3. The maximum absolute atomic E-state index is 14.7. The van der Waals surface area contributed by atoms with Gasteiger partial charge in [0, 0.05) is 0 Å². The van der Waals surface area contributed by atoms with E-state index in [1.54, 1.807) is 19.1 Å². The van der Waals surface area contributed by atoms with Crippen molar-refractivity contribution in [2.24, 2.45) is 0 Å². The van der Waals surface area contributed by atoms with Crippen LogP contribution in [-0.2, 0) is 6.42 Å². The van der Waals surface area contributed by atoms with Crippen molar-refractivity contribution >= 4 is 5.97 Å². The second kappa shape index (κ2) is 12.9. The average molecular weight is 501 g/mol. The standard InChI is InChI=1S/C29H28F4O3/c1-3-35-26-17-15-23(27(32)28(26)33)29(34)36-25-16-14-22(18-24(25)31)21-12-10-20(11-13-21)9-7-5-4-6-8-19(2)30/h8,10-18H,3-7,9H2,1-2H3. The van der Waals surface area contributed by atoms with Crippen molar-refractivity contribution in [1.82, 2.24) is 0 Å². The van der Waals surface area contributed by atoms with Crippen LogP contribution in [0.5, 0.6) is 11.5 Å². The molecule has 0 radical (unpaired) electrons. The van der Waals surface area contributed by atoms with Crippen molar-refractivity contribution in [3.05, 3.63) is 95.1 Å². The first-order valence-corrected chi connectivity index (χ1v) is 11.8. The van der Waals surface area contributed by atoms with Gasteiger partial charge in [-0.3, -0.25) is 0 Å². The van der Waals surface area contributed by atoms with Crippen LogP contribution in [-0.4, -0.2) is 12.6 Å². The molecule has 0 aliphatic heterocycles. The normalized spacial score (nSPS) is 11.4. The molecule has 0 fully saturated rings. The maximum atomic E-state index is 14.7. The van der Waals surface area contributed by atoms with Crippen LogP contribution in [0, 0.1) is 17.5 Å². The number of halogens is 4. The Morgan fingerprint density at radius 1 is 0.861 bits per heavy atom. The first-order chi connectivity index (χ1) is 17.3. The molecule has 3 aromatic carbocycles. The number of hydrogen-bond acceptors (Lipinski definition) is 3. The summed E-state index contributed by atoms with van der Waals surface area (Å²) in [7, 11) is 0. The van der Waals surface area contributed by atoms with Crippen molar-refractivity contribution in [3.63, 3.8) is 0 Å². The van der Waals surface area contributed by atoms with Crippen LogP contribution in [0.2, 0.25) is 0 Å². The molecule has 0 amide bonds. The molecule has 3 rings (SSSR count). The highest BCUT2D eigenvalue weighted by Gasteiger charge is 2.22. The summed E-state index contributed by atoms with van der Waals surface area (Å²) in [6.45, 7) is 3.18. The number of hydrogen-bond donors (Lipinski definition) is 0. The minimum Gasteiger partial charge on any atom is -0.491 e. The molecule has 0 bridgehead atoms. The summed E-state index contributed by atoms with van der Waals surface area (Å²) in [5, 5.41) is 0. The number of ether oxygens (including phenoxy) is 2. The Morgan fingerprint density at radius 3 is 2.22 bits per heavy atom. The molecule has 0 atom stereocenters. The number of rotatable bonds is 11. The van der Waals surface area contributed by atoms with Crippen LogP contribution in [0.1, 0.15) is 55.5 Å². The third-order valence-electron chi connectivity index (χ3n) is 5.58. The van der Waals surface area contributed by atoms with Crippen molar-refractivity contribution in [2.75, 3.05) is 6.61 Å². The molecule has 0 heterocycles. The Labute approximate surface area is 208 Å². The number of unbranched alkanes of at least 4 members (excludes halogenated alkanes) is 3. The lowest BCUT2D eigenvalue weighted by atomic mass is 10.0. The van der Waals surface area contributed by atoms with Crippen LogP contribution >= 0.6 is 0 Å². The summed E-state index contributed by atoms with van der Waals surface area (Å²) in [6, 6.07) is 13.9. The van der Waals surface area contributed by atoms with Gasteiger partial charge in [-0.25, -0.2) is 18.0 Å². The van der Waals surface area contributed by atoms with E-state index in [1.165, 1.54) is 19.1 Å². The number of benzene rings is 3. The lowest BCUT2D eigenvalue weighted by Crippen LogP contribution is -2.13. The number of allylic oxidation sites excluding steroid dienone is 2. The van der Waals surface area contributed by atoms with Crippen molar-refractivity contribution in [3.8, 4) is 22.6 Å². The maximum Gasteiger partial charge on any atom is 0.346 e. The zero-order valence-corrected chi connectivity index (χ0v) is 20.3. The summed E-state index contributed by atoms with van der Waals surface area (Å²) < 4.78 is 65.6. The van der Waals surface area contributed by atoms with E-state index in [-0.39, 0.29) is 18.2 Å². The van der Waals surface area contributed by atoms with Gasteiger partial charge in [0.25, 0.3) is 0 Å². The zero-order chi connectivity index (χ0) is 26.1. The molecular weight excluding hydrogens is 472 g/mol. The number of carbonyl (C=O) groups excluding carboxylic acids is 1. The highest BCUT2D eigenvalue weighted by molar-refractivity contribution is 5.91. The van der Waals surface area contributed by atoms with Gasteiger partial charge in [-0.15, -0.1) is 0 Å². The van der Waals surface area contributed by atoms with Gasteiger partial charge in [-0.2, -0.15) is 4.39 Å². The van der Waals surface area contributed by atoms with Gasteiger partial charge in [0.1, 0.15) is 0 Å². The Kier molecular flexibility index (Phi) is 9.68. The molecule has 0 aromatic heterocycles. The molecule has 36 heavy (non-hydrogen) atoms. The third-order valence-corrected chi connectivity index (χ3v) is 5.58. The fourth-order valence-corrected chi connectivity index (χ4v) is 3.69. The van der Waals surface area contributed by atoms with E-state index in [4.69, 9.17) is 9.47 Å². The predicted octanol–water partition coefficient (Wildman–Crippen LogP) is 8.37. The molecule has 7 heteroatoms. The number of esters is 1. The van der Waals surface area contributed by atoms with Gasteiger partial charge < -0.3 is 9.47 Å². The molecule has 0 aliphatic rings. The molecule has 3 aromatic rings. The summed E-state index contributed by atoms with van der Waals surface area (Å²) >= 11 is 0. The highest BCUT2D eigenvalue weighted by Crippen LogP contribution is 2.28. The number of carbonyl (C=O) groups is 1. The highest BCUT2D eigenvalue weighted by atomic mass is 19.2. The topological polar surface area (TPSA) is 35.5 Å². The first-order valence-electron chi connectivity index (χ1n) is 11.8. The van der Waals surface area contributed by atoms with Gasteiger partial charge in [0.2, 0.25) is 5.82 Å². The van der Waals surface area contributed by atoms with E-state index in [9.17, 15) is 22.4 Å². The number of aryl methyl sites for hydroxylation is 1. The molecular formula is C29H28F4O3. The Morgan fingerprint density at radius 2 is 1.56 bits per heavy atom. The van der Waals surface area contributed by atoms with Gasteiger partial charge in [-0.05, 0) is 80.5 Å². The summed E-state index contributed by atoms with van der Waals surface area (Å²) in [6.07, 6.45) is 6.17. The average Bonchev–Trinajstić information content (AvgIpc) is 2.85. The fourth-order valence-electron chi connectivity index (χ4n) is 3.69. The van der Waals surface area contributed by atoms with Gasteiger partial charge in [0.15, 0.2) is 23.1 Å². The van der Waals surface area contributed by atoms with E-state index in [2.05, 4.69) is 0 Å². The second-order valence-corrected chi connectivity index (χ2v) is 8.29. The predicted molar refractivity (Wildman–Crippen MR) is 131 cm³/mol. The lowest BCUT2D eigenvalue weighted by molar-refractivity contribution is 0.0721. The van der Waals surface area contributed by atoms with Crippen LogP contribution in [0.3, 0.4) is 0 Å². The molecule has 0 saturated carbocycles. The van der Waals surface area contributed by atoms with E-state index >= 15 is 0 Å². The van der Waals surface area contributed by atoms with Crippen molar-refractivity contribution in [1.29, 1.82) is 0 Å². The molecule has 190 valence electrons. The molecule has 0 spiro atoms. The first kappa shape index (κ1) is 27.0. The van der Waals surface area contributed by atoms with E-state index in [0.29, 0.717) is 5.56 Å². The Bertz CT molecular complexity index is 1220. The monoisotopic (exact) mass is 500 g/mol. The summed E-state index contributed by atoms with van der Waals surface area (Å²) in [5.74, 6) is -5.63. The minimum atomic E-state index is -1.42. The molecule has 0 saturated heterocycles. The van der Waals surface area contributed by atoms with E-state index < -0.39 is 34.7 Å². The van der Waals surface area contributed by atoms with Crippen LogP contribution in [0.25, 0.3) is 11.1 Å². The SMILES string of the molecule is CCOc1ccc(C(=O)Oc2ccc(-c3ccc(CCCCCC=C(C)F)cc3)cc2F)c(F)c1F. The molecule has 0 unspecified atom stereocenters. The van der Waals surface area contributed by atoms with Crippen molar-refractivity contribution in [2.45, 2.75) is 46.0 Å². The third kappa shape index (κ3) is 7.20. The smallest absolute Gasteiger partial charge is 0.346 e. The Hall–Kier alpha value is -3.61. The lowest BCUT2D eigenvalue weighted by Gasteiger charge is -2.10. The van der Waals surface area contributed by atoms with Crippen LogP contribution in [0.4, 0.5) is 17.6 Å². The zero-order valence-electron chi connectivity index (χ0n) is 20.3.